The number of hydrogen-bond acceptors (Lipinski definition) is 4. The van der Waals surface area contributed by atoms with E-state index in [0.29, 0.717) is 13.0 Å². The summed E-state index contributed by atoms with van der Waals surface area (Å²) < 4.78 is 0. The number of hydrogen-bond donors (Lipinski definition) is 0. The first kappa shape index (κ1) is 17.0. The van der Waals surface area contributed by atoms with Crippen molar-refractivity contribution in [2.24, 2.45) is 10.6 Å². The van der Waals surface area contributed by atoms with Crippen molar-refractivity contribution in [3.05, 3.63) is 11.3 Å². The fourth-order valence-corrected chi connectivity index (χ4v) is 3.47. The van der Waals surface area contributed by atoms with Gasteiger partial charge in [0.25, 0.3) is 0 Å². The Morgan fingerprint density at radius 3 is 2.50 bits per heavy atom. The summed E-state index contributed by atoms with van der Waals surface area (Å²) in [4.78, 5) is 20.5. The van der Waals surface area contributed by atoms with Crippen molar-refractivity contribution in [2.45, 2.75) is 66.2 Å². The van der Waals surface area contributed by atoms with Crippen molar-refractivity contribution >= 4 is 11.5 Å². The Kier molecular flexibility index (Phi) is 5.65. The molecule has 2 rings (SSSR count). The minimum Gasteiger partial charge on any atom is -0.396 e. The first-order chi connectivity index (χ1) is 10.5. The number of likely N-dealkylation sites (tertiary alicyclic amines) is 1. The molecule has 0 amide bonds. The molecule has 0 unspecified atom stereocenters. The summed E-state index contributed by atoms with van der Waals surface area (Å²) in [5.41, 5.74) is 2.97. The standard InChI is InChI=1S/C18H30N2O2/c1-5-9-14(19-22-6-2)17-15(20-10-7-8-11-20)12-18(3,4)13-16(17)21/h5-13H2,1-4H3/b19-14+. The molecule has 0 N–H and O–H groups in total. The average Bonchev–Trinajstić information content (AvgIpc) is 2.96. The van der Waals surface area contributed by atoms with Crippen molar-refractivity contribution in [3.63, 3.8) is 0 Å². The van der Waals surface area contributed by atoms with Crippen LogP contribution in [-0.4, -0.2) is 36.1 Å². The molecule has 0 aromatic heterocycles. The molecule has 0 atom stereocenters. The normalized spacial score (nSPS) is 22.5. The molecular formula is C18H30N2O2. The number of carbonyl (C=O) groups is 1. The van der Waals surface area contributed by atoms with E-state index >= 15 is 0 Å². The second-order valence-corrected chi connectivity index (χ2v) is 7.16. The average molecular weight is 306 g/mol. The second-order valence-electron chi connectivity index (χ2n) is 7.16. The summed E-state index contributed by atoms with van der Waals surface area (Å²) in [6, 6.07) is 0. The summed E-state index contributed by atoms with van der Waals surface area (Å²) in [7, 11) is 0. The maximum Gasteiger partial charge on any atom is 0.167 e. The highest BCUT2D eigenvalue weighted by atomic mass is 16.6. The predicted octanol–water partition coefficient (Wildman–Crippen LogP) is 3.92. The number of nitrogens with zero attached hydrogens (tertiary/aromatic N) is 2. The van der Waals surface area contributed by atoms with Crippen LogP contribution in [0, 0.1) is 5.41 Å². The van der Waals surface area contributed by atoms with Crippen molar-refractivity contribution in [2.75, 3.05) is 19.7 Å². The second kappa shape index (κ2) is 7.30. The summed E-state index contributed by atoms with van der Waals surface area (Å²) in [5.74, 6) is 0.241. The highest BCUT2D eigenvalue weighted by molar-refractivity contribution is 6.23. The van der Waals surface area contributed by atoms with Gasteiger partial charge in [-0.25, -0.2) is 0 Å². The highest BCUT2D eigenvalue weighted by Crippen LogP contribution is 2.40. The molecule has 4 nitrogen and oxygen atoms in total. The van der Waals surface area contributed by atoms with Gasteiger partial charge in [0.15, 0.2) is 5.78 Å². The highest BCUT2D eigenvalue weighted by Gasteiger charge is 2.37. The Morgan fingerprint density at radius 1 is 1.23 bits per heavy atom. The van der Waals surface area contributed by atoms with Crippen LogP contribution in [0.15, 0.2) is 16.4 Å². The fourth-order valence-electron chi connectivity index (χ4n) is 3.47. The summed E-state index contributed by atoms with van der Waals surface area (Å²) in [5, 5.41) is 4.29. The van der Waals surface area contributed by atoms with Gasteiger partial charge >= 0.3 is 0 Å². The Morgan fingerprint density at radius 2 is 1.91 bits per heavy atom. The van der Waals surface area contributed by atoms with Crippen LogP contribution in [0.1, 0.15) is 66.2 Å². The topological polar surface area (TPSA) is 41.9 Å². The molecule has 1 heterocycles. The molecule has 0 bridgehead atoms. The number of ketones is 1. The van der Waals surface area contributed by atoms with Crippen molar-refractivity contribution in [1.82, 2.24) is 4.90 Å². The third kappa shape index (κ3) is 3.90. The van der Waals surface area contributed by atoms with Crippen LogP contribution in [0.25, 0.3) is 0 Å². The third-order valence-electron chi connectivity index (χ3n) is 4.42. The number of carbonyl (C=O) groups excluding carboxylic acids is 1. The molecule has 22 heavy (non-hydrogen) atoms. The van der Waals surface area contributed by atoms with Gasteiger partial charge in [-0.05, 0) is 38.0 Å². The van der Waals surface area contributed by atoms with E-state index in [1.807, 2.05) is 6.92 Å². The van der Waals surface area contributed by atoms with Crippen LogP contribution >= 0.6 is 0 Å². The van der Waals surface area contributed by atoms with Crippen LogP contribution < -0.4 is 0 Å². The molecule has 0 aromatic carbocycles. The smallest absolute Gasteiger partial charge is 0.167 e. The first-order valence-electron chi connectivity index (χ1n) is 8.69. The third-order valence-corrected chi connectivity index (χ3v) is 4.42. The maximum atomic E-state index is 12.8. The molecule has 1 aliphatic heterocycles. The molecule has 1 fully saturated rings. The van der Waals surface area contributed by atoms with Crippen molar-refractivity contribution < 1.29 is 9.63 Å². The monoisotopic (exact) mass is 306 g/mol. The summed E-state index contributed by atoms with van der Waals surface area (Å²) >= 11 is 0. The molecule has 2 aliphatic rings. The van der Waals surface area contributed by atoms with Gasteiger partial charge in [0.1, 0.15) is 6.61 Å². The number of Topliss-reactive ketones (excluding diaryl/α,β-unsaturated/α-hetero) is 1. The van der Waals surface area contributed by atoms with E-state index in [2.05, 4.69) is 30.8 Å². The SMILES string of the molecule is CCC/C(=N\OCC)C1=C(N2CCCC2)CC(C)(C)CC1=O. The maximum absolute atomic E-state index is 12.8. The van der Waals surface area contributed by atoms with Crippen LogP contribution in [0.4, 0.5) is 0 Å². The lowest BCUT2D eigenvalue weighted by Gasteiger charge is -2.36. The van der Waals surface area contributed by atoms with Gasteiger partial charge < -0.3 is 9.74 Å². The van der Waals surface area contributed by atoms with E-state index in [4.69, 9.17) is 4.84 Å². The van der Waals surface area contributed by atoms with E-state index < -0.39 is 0 Å². The lowest BCUT2D eigenvalue weighted by atomic mass is 9.74. The van der Waals surface area contributed by atoms with E-state index in [1.54, 1.807) is 0 Å². The number of allylic oxidation sites excluding steroid dienone is 2. The Balaban J connectivity index is 2.44. The zero-order chi connectivity index (χ0) is 16.2. The van der Waals surface area contributed by atoms with Gasteiger partial charge in [-0.2, -0.15) is 0 Å². The predicted molar refractivity (Wildman–Crippen MR) is 89.8 cm³/mol. The van der Waals surface area contributed by atoms with Gasteiger partial charge in [-0.1, -0.05) is 32.3 Å². The van der Waals surface area contributed by atoms with Crippen molar-refractivity contribution in [1.29, 1.82) is 0 Å². The van der Waals surface area contributed by atoms with Gasteiger partial charge in [0, 0.05) is 25.2 Å². The lowest BCUT2D eigenvalue weighted by Crippen LogP contribution is -2.35. The molecule has 124 valence electrons. The molecule has 0 spiro atoms. The molecule has 1 saturated heterocycles. The van der Waals surface area contributed by atoms with E-state index in [9.17, 15) is 4.79 Å². The van der Waals surface area contributed by atoms with Crippen molar-refractivity contribution in [3.8, 4) is 0 Å². The Hall–Kier alpha value is -1.32. The molecule has 1 aliphatic carbocycles. The van der Waals surface area contributed by atoms with E-state index in [1.165, 1.54) is 18.5 Å². The summed E-state index contributed by atoms with van der Waals surface area (Å²) in [6.45, 7) is 11.1. The van der Waals surface area contributed by atoms with Gasteiger partial charge in [-0.3, -0.25) is 4.79 Å². The lowest BCUT2D eigenvalue weighted by molar-refractivity contribution is -0.117. The molecular weight excluding hydrogens is 276 g/mol. The summed E-state index contributed by atoms with van der Waals surface area (Å²) in [6.07, 6.45) is 5.78. The Bertz CT molecular complexity index is 471. The molecule has 4 heteroatoms. The number of rotatable bonds is 6. The largest absolute Gasteiger partial charge is 0.396 e. The van der Waals surface area contributed by atoms with E-state index in [-0.39, 0.29) is 11.2 Å². The van der Waals surface area contributed by atoms with Crippen LogP contribution in [-0.2, 0) is 9.63 Å². The number of oxime groups is 1. The van der Waals surface area contributed by atoms with Crippen LogP contribution in [0.3, 0.4) is 0 Å². The van der Waals surface area contributed by atoms with Crippen LogP contribution in [0.2, 0.25) is 0 Å². The van der Waals surface area contributed by atoms with Gasteiger partial charge in [-0.15, -0.1) is 0 Å². The zero-order valence-electron chi connectivity index (χ0n) is 14.6. The quantitative estimate of drug-likeness (QED) is 0.552. The molecule has 0 aromatic rings. The first-order valence-corrected chi connectivity index (χ1v) is 8.69. The van der Waals surface area contributed by atoms with Crippen LogP contribution in [0.5, 0.6) is 0 Å². The zero-order valence-corrected chi connectivity index (χ0v) is 14.6. The van der Waals surface area contributed by atoms with Gasteiger partial charge in [0.05, 0.1) is 11.3 Å². The fraction of sp³-hybridized carbons (Fsp3) is 0.778. The van der Waals surface area contributed by atoms with E-state index in [0.717, 1.165) is 43.6 Å². The Labute approximate surface area is 134 Å². The molecule has 0 radical (unpaired) electrons. The minimum absolute atomic E-state index is 0.0431. The molecule has 0 saturated carbocycles. The minimum atomic E-state index is 0.0431. The van der Waals surface area contributed by atoms with Gasteiger partial charge in [0.2, 0.25) is 0 Å².